The van der Waals surface area contributed by atoms with Gasteiger partial charge in [0.05, 0.1) is 28.5 Å². The molecule has 8 heteroatoms. The molecule has 2 aromatic rings. The lowest BCUT2D eigenvalue weighted by Gasteiger charge is -2.10. The first-order valence-corrected chi connectivity index (χ1v) is 6.93. The maximum atomic E-state index is 5.96. The molecule has 0 spiro atoms. The fourth-order valence-electron chi connectivity index (χ4n) is 1.57. The number of nitrogens with one attached hydrogen (secondary N) is 2. The maximum Gasteiger partial charge on any atom is 0.229 e. The van der Waals surface area contributed by atoms with Gasteiger partial charge in [0.2, 0.25) is 5.95 Å². The standard InChI is InChI=1S/C13H15Cl2N5O/c1-21-5-4-17-12-11(16)7-18-13(20-12)19-8-2-3-9(14)10(15)6-8/h2-3,6-7H,4-5,16H2,1H3,(H2,17,18,19,20). The number of hydrogen-bond acceptors (Lipinski definition) is 6. The van der Waals surface area contributed by atoms with Crippen molar-refractivity contribution in [2.75, 3.05) is 36.6 Å². The Morgan fingerprint density at radius 1 is 1.29 bits per heavy atom. The summed E-state index contributed by atoms with van der Waals surface area (Å²) in [4.78, 5) is 8.42. The van der Waals surface area contributed by atoms with Gasteiger partial charge in [-0.15, -0.1) is 0 Å². The minimum Gasteiger partial charge on any atom is -0.394 e. The summed E-state index contributed by atoms with van der Waals surface area (Å²) in [6, 6.07) is 5.18. The highest BCUT2D eigenvalue weighted by Crippen LogP contribution is 2.26. The predicted molar refractivity (Wildman–Crippen MR) is 86.6 cm³/mol. The zero-order chi connectivity index (χ0) is 15.2. The highest BCUT2D eigenvalue weighted by molar-refractivity contribution is 6.42. The van der Waals surface area contributed by atoms with E-state index in [0.29, 0.717) is 40.7 Å². The second-order valence-corrected chi connectivity index (χ2v) is 4.99. The van der Waals surface area contributed by atoms with Crippen molar-refractivity contribution in [1.29, 1.82) is 0 Å². The zero-order valence-corrected chi connectivity index (χ0v) is 12.9. The van der Waals surface area contributed by atoms with E-state index in [1.54, 1.807) is 25.3 Å². The number of ether oxygens (including phenoxy) is 1. The topological polar surface area (TPSA) is 85.1 Å². The van der Waals surface area contributed by atoms with Crippen molar-refractivity contribution in [3.63, 3.8) is 0 Å². The molecule has 0 atom stereocenters. The number of nitrogens with zero attached hydrogens (tertiary/aromatic N) is 2. The quantitative estimate of drug-likeness (QED) is 0.706. The Kier molecular flexibility index (Phi) is 5.44. The molecule has 112 valence electrons. The molecule has 4 N–H and O–H groups in total. The molecule has 0 bridgehead atoms. The Morgan fingerprint density at radius 3 is 2.81 bits per heavy atom. The third-order valence-corrected chi connectivity index (χ3v) is 3.33. The van der Waals surface area contributed by atoms with E-state index < -0.39 is 0 Å². The Balaban J connectivity index is 2.12. The summed E-state index contributed by atoms with van der Waals surface area (Å²) in [5.41, 5.74) is 7.01. The summed E-state index contributed by atoms with van der Waals surface area (Å²) < 4.78 is 4.96. The normalized spacial score (nSPS) is 10.4. The van der Waals surface area contributed by atoms with Gasteiger partial charge in [-0.2, -0.15) is 4.98 Å². The van der Waals surface area contributed by atoms with E-state index in [1.165, 1.54) is 6.20 Å². The van der Waals surface area contributed by atoms with Crippen molar-refractivity contribution < 1.29 is 4.74 Å². The molecule has 2 rings (SSSR count). The molecule has 0 radical (unpaired) electrons. The van der Waals surface area contributed by atoms with Crippen molar-refractivity contribution in [1.82, 2.24) is 9.97 Å². The molecule has 21 heavy (non-hydrogen) atoms. The molecule has 0 aliphatic heterocycles. The number of methoxy groups -OCH3 is 1. The van der Waals surface area contributed by atoms with Crippen LogP contribution in [0.25, 0.3) is 0 Å². The van der Waals surface area contributed by atoms with Crippen LogP contribution in [0.1, 0.15) is 0 Å². The van der Waals surface area contributed by atoms with Crippen molar-refractivity contribution in [2.45, 2.75) is 0 Å². The lowest BCUT2D eigenvalue weighted by Crippen LogP contribution is -2.12. The third kappa shape index (κ3) is 4.35. The second-order valence-electron chi connectivity index (χ2n) is 4.17. The number of hydrogen-bond donors (Lipinski definition) is 3. The van der Waals surface area contributed by atoms with Crippen LogP contribution in [0.15, 0.2) is 24.4 Å². The molecule has 0 fully saturated rings. The first-order chi connectivity index (χ1) is 10.1. The lowest BCUT2D eigenvalue weighted by molar-refractivity contribution is 0.210. The van der Waals surface area contributed by atoms with E-state index in [0.717, 1.165) is 5.69 Å². The van der Waals surface area contributed by atoms with Crippen LogP contribution >= 0.6 is 23.2 Å². The van der Waals surface area contributed by atoms with Crippen LogP contribution in [0, 0.1) is 0 Å². The summed E-state index contributed by atoms with van der Waals surface area (Å²) >= 11 is 11.8. The van der Waals surface area contributed by atoms with Gasteiger partial charge in [0, 0.05) is 19.3 Å². The fourth-order valence-corrected chi connectivity index (χ4v) is 1.87. The Labute approximate surface area is 132 Å². The Morgan fingerprint density at radius 2 is 2.10 bits per heavy atom. The van der Waals surface area contributed by atoms with Gasteiger partial charge in [-0.3, -0.25) is 0 Å². The Bertz CT molecular complexity index is 624. The number of benzene rings is 1. The maximum absolute atomic E-state index is 5.96. The van der Waals surface area contributed by atoms with Crippen LogP contribution in [0.5, 0.6) is 0 Å². The number of halogens is 2. The highest BCUT2D eigenvalue weighted by Gasteiger charge is 2.06. The average Bonchev–Trinajstić information content (AvgIpc) is 2.46. The second kappa shape index (κ2) is 7.31. The van der Waals surface area contributed by atoms with E-state index in [9.17, 15) is 0 Å². The first-order valence-electron chi connectivity index (χ1n) is 6.17. The molecular formula is C13H15Cl2N5O. The molecule has 0 aliphatic rings. The number of rotatable bonds is 6. The van der Waals surface area contributed by atoms with E-state index in [2.05, 4.69) is 20.6 Å². The van der Waals surface area contributed by atoms with E-state index in [4.69, 9.17) is 33.7 Å². The summed E-state index contributed by atoms with van der Waals surface area (Å²) in [7, 11) is 1.63. The fraction of sp³-hybridized carbons (Fsp3) is 0.231. The van der Waals surface area contributed by atoms with Crippen molar-refractivity contribution >= 4 is 46.3 Å². The summed E-state index contributed by atoms with van der Waals surface area (Å²) in [5.74, 6) is 0.951. The van der Waals surface area contributed by atoms with Crippen molar-refractivity contribution in [3.8, 4) is 0 Å². The predicted octanol–water partition coefficient (Wildman–Crippen LogP) is 3.17. The van der Waals surface area contributed by atoms with E-state index in [-0.39, 0.29) is 0 Å². The van der Waals surface area contributed by atoms with Crippen LogP contribution in [-0.4, -0.2) is 30.2 Å². The molecule has 0 aliphatic carbocycles. The van der Waals surface area contributed by atoms with Crippen molar-refractivity contribution in [3.05, 3.63) is 34.4 Å². The van der Waals surface area contributed by atoms with Gasteiger partial charge in [0.25, 0.3) is 0 Å². The monoisotopic (exact) mass is 327 g/mol. The zero-order valence-electron chi connectivity index (χ0n) is 11.4. The Hall–Kier alpha value is -1.76. The summed E-state index contributed by atoms with van der Waals surface area (Å²) in [5, 5.41) is 7.05. The highest BCUT2D eigenvalue weighted by atomic mass is 35.5. The van der Waals surface area contributed by atoms with Gasteiger partial charge in [-0.1, -0.05) is 23.2 Å². The smallest absolute Gasteiger partial charge is 0.229 e. The number of anilines is 4. The first kappa shape index (κ1) is 15.6. The number of nitrogens with two attached hydrogens (primary N) is 1. The molecule has 0 saturated carbocycles. The van der Waals surface area contributed by atoms with Crippen LogP contribution in [0.2, 0.25) is 10.0 Å². The molecule has 1 aromatic carbocycles. The number of nitrogen functional groups attached to an aromatic ring is 1. The molecule has 6 nitrogen and oxygen atoms in total. The van der Waals surface area contributed by atoms with Gasteiger partial charge in [0.1, 0.15) is 0 Å². The lowest BCUT2D eigenvalue weighted by atomic mass is 10.3. The van der Waals surface area contributed by atoms with Gasteiger partial charge < -0.3 is 21.1 Å². The molecule has 0 amide bonds. The van der Waals surface area contributed by atoms with Gasteiger partial charge in [-0.05, 0) is 18.2 Å². The minimum atomic E-state index is 0.405. The van der Waals surface area contributed by atoms with Crippen LogP contribution < -0.4 is 16.4 Å². The average molecular weight is 328 g/mol. The molecular weight excluding hydrogens is 313 g/mol. The van der Waals surface area contributed by atoms with E-state index in [1.807, 2.05) is 0 Å². The van der Waals surface area contributed by atoms with Gasteiger partial charge in [-0.25, -0.2) is 4.98 Å². The van der Waals surface area contributed by atoms with Gasteiger partial charge in [0.15, 0.2) is 5.82 Å². The van der Waals surface area contributed by atoms with E-state index >= 15 is 0 Å². The summed E-state index contributed by atoms with van der Waals surface area (Å²) in [6.45, 7) is 1.16. The SMILES string of the molecule is COCCNc1nc(Nc2ccc(Cl)c(Cl)c2)ncc1N. The molecule has 0 saturated heterocycles. The van der Waals surface area contributed by atoms with Crippen LogP contribution in [0.3, 0.4) is 0 Å². The van der Waals surface area contributed by atoms with Crippen LogP contribution in [-0.2, 0) is 4.74 Å². The third-order valence-electron chi connectivity index (χ3n) is 2.59. The van der Waals surface area contributed by atoms with Gasteiger partial charge >= 0.3 is 0 Å². The summed E-state index contributed by atoms with van der Waals surface area (Å²) in [6.07, 6.45) is 1.53. The number of aromatic nitrogens is 2. The van der Waals surface area contributed by atoms with Crippen LogP contribution in [0.4, 0.5) is 23.1 Å². The molecule has 1 heterocycles. The molecule has 1 aromatic heterocycles. The minimum absolute atomic E-state index is 0.405. The molecule has 0 unspecified atom stereocenters. The largest absolute Gasteiger partial charge is 0.394 e. The van der Waals surface area contributed by atoms with Crippen molar-refractivity contribution in [2.24, 2.45) is 0 Å².